The maximum absolute atomic E-state index is 8.68. The molecule has 1 aromatic rings. The molecule has 0 spiro atoms. The predicted molar refractivity (Wildman–Crippen MR) is 86.8 cm³/mol. The molecule has 4 N–H and O–H groups in total. The van der Waals surface area contributed by atoms with Crippen LogP contribution in [0.25, 0.3) is 0 Å². The van der Waals surface area contributed by atoms with Crippen molar-refractivity contribution < 1.29 is 5.21 Å². The summed E-state index contributed by atoms with van der Waals surface area (Å²) in [7, 11) is 0. The second kappa shape index (κ2) is 7.14. The summed E-state index contributed by atoms with van der Waals surface area (Å²) in [5, 5.41) is 15.9. The van der Waals surface area contributed by atoms with Gasteiger partial charge in [0.2, 0.25) is 0 Å². The van der Waals surface area contributed by atoms with Crippen LogP contribution in [0, 0.1) is 11.8 Å². The van der Waals surface area contributed by atoms with Gasteiger partial charge in [0.15, 0.2) is 5.84 Å². The minimum atomic E-state index is 0.0756. The summed E-state index contributed by atoms with van der Waals surface area (Å²) in [6, 6.07) is 6.06. The van der Waals surface area contributed by atoms with Crippen molar-refractivity contribution in [2.45, 2.75) is 45.7 Å². The second-order valence-corrected chi connectivity index (χ2v) is 6.29. The highest BCUT2D eigenvalue weighted by molar-refractivity contribution is 6.31. The molecule has 0 saturated heterocycles. The van der Waals surface area contributed by atoms with Crippen molar-refractivity contribution in [2.24, 2.45) is 22.7 Å². The lowest BCUT2D eigenvalue weighted by Gasteiger charge is -2.21. The highest BCUT2D eigenvalue weighted by Gasteiger charge is 2.30. The van der Waals surface area contributed by atoms with E-state index in [0.29, 0.717) is 22.5 Å². The van der Waals surface area contributed by atoms with Crippen LogP contribution in [0.15, 0.2) is 23.4 Å². The van der Waals surface area contributed by atoms with Gasteiger partial charge in [-0.15, -0.1) is 0 Å². The topological polar surface area (TPSA) is 70.6 Å². The lowest BCUT2D eigenvalue weighted by molar-refractivity contribution is 0.318. The molecule has 116 valence electrons. The van der Waals surface area contributed by atoms with Crippen LogP contribution in [0.3, 0.4) is 0 Å². The maximum atomic E-state index is 8.68. The van der Waals surface area contributed by atoms with Gasteiger partial charge >= 0.3 is 0 Å². The summed E-state index contributed by atoms with van der Waals surface area (Å²) in [5.41, 5.74) is 7.23. The van der Waals surface area contributed by atoms with Crippen LogP contribution in [0.4, 0.5) is 0 Å². The van der Waals surface area contributed by atoms with Crippen LogP contribution < -0.4 is 11.1 Å². The Morgan fingerprint density at radius 3 is 2.81 bits per heavy atom. The first-order valence-electron chi connectivity index (χ1n) is 7.56. The van der Waals surface area contributed by atoms with Gasteiger partial charge in [-0.25, -0.2) is 0 Å². The number of hydrogen-bond donors (Lipinski definition) is 3. The quantitative estimate of drug-likeness (QED) is 0.338. The van der Waals surface area contributed by atoms with Crippen LogP contribution >= 0.6 is 11.6 Å². The average Bonchev–Trinajstić information content (AvgIpc) is 2.85. The van der Waals surface area contributed by atoms with Gasteiger partial charge in [-0.1, -0.05) is 49.2 Å². The number of oxime groups is 1. The van der Waals surface area contributed by atoms with Gasteiger partial charge in [0.1, 0.15) is 0 Å². The van der Waals surface area contributed by atoms with Crippen LogP contribution in [-0.4, -0.2) is 17.1 Å². The van der Waals surface area contributed by atoms with Gasteiger partial charge in [0.25, 0.3) is 0 Å². The number of nitrogens with zero attached hydrogens (tertiary/aromatic N) is 1. The summed E-state index contributed by atoms with van der Waals surface area (Å²) in [6.45, 7) is 5.36. The number of amidine groups is 1. The lowest BCUT2D eigenvalue weighted by Crippen LogP contribution is -2.32. The van der Waals surface area contributed by atoms with Crippen LogP contribution in [0.2, 0.25) is 5.02 Å². The molecule has 3 unspecified atom stereocenters. The zero-order chi connectivity index (χ0) is 15.4. The molecule has 0 radical (unpaired) electrons. The summed E-state index contributed by atoms with van der Waals surface area (Å²) in [6.07, 6.45) is 3.81. The Bertz CT molecular complexity index is 518. The fourth-order valence-electron chi connectivity index (χ4n) is 3.26. The Hall–Kier alpha value is -1.26. The SMILES string of the molecule is CCC1CCC(NCc2ccc(/C(N)=N/O)cc2Cl)C1C. The Morgan fingerprint density at radius 1 is 1.48 bits per heavy atom. The van der Waals surface area contributed by atoms with E-state index in [0.717, 1.165) is 18.0 Å². The average molecular weight is 310 g/mol. The van der Waals surface area contributed by atoms with Crippen molar-refractivity contribution in [3.05, 3.63) is 34.3 Å². The van der Waals surface area contributed by atoms with Gasteiger partial charge < -0.3 is 16.3 Å². The second-order valence-electron chi connectivity index (χ2n) is 5.88. The van der Waals surface area contributed by atoms with Gasteiger partial charge in [0.05, 0.1) is 0 Å². The molecule has 0 amide bonds. The highest BCUT2D eigenvalue weighted by Crippen LogP contribution is 2.34. The van der Waals surface area contributed by atoms with Gasteiger partial charge in [-0.3, -0.25) is 0 Å². The molecule has 1 aliphatic rings. The molecule has 21 heavy (non-hydrogen) atoms. The summed E-state index contributed by atoms with van der Waals surface area (Å²) in [4.78, 5) is 0. The maximum Gasteiger partial charge on any atom is 0.170 e. The molecule has 1 saturated carbocycles. The Labute approximate surface area is 131 Å². The molecule has 0 bridgehead atoms. The smallest absolute Gasteiger partial charge is 0.170 e. The van der Waals surface area contributed by atoms with E-state index in [4.69, 9.17) is 22.5 Å². The molecule has 5 heteroatoms. The molecular formula is C16H24ClN3O. The fraction of sp³-hybridized carbons (Fsp3) is 0.562. The monoisotopic (exact) mass is 309 g/mol. The Morgan fingerprint density at radius 2 is 2.24 bits per heavy atom. The van der Waals surface area contributed by atoms with Gasteiger partial charge in [0, 0.05) is 23.2 Å². The van der Waals surface area contributed by atoms with E-state index in [1.54, 1.807) is 6.07 Å². The number of benzene rings is 1. The number of halogens is 1. The van der Waals surface area contributed by atoms with E-state index in [9.17, 15) is 0 Å². The molecule has 2 rings (SSSR count). The van der Waals surface area contributed by atoms with E-state index in [2.05, 4.69) is 24.3 Å². The Kier molecular flexibility index (Phi) is 5.48. The van der Waals surface area contributed by atoms with Crippen molar-refractivity contribution in [1.29, 1.82) is 0 Å². The molecule has 0 aromatic heterocycles. The first-order valence-corrected chi connectivity index (χ1v) is 7.94. The number of hydrogen-bond acceptors (Lipinski definition) is 3. The zero-order valence-corrected chi connectivity index (χ0v) is 13.4. The van der Waals surface area contributed by atoms with E-state index < -0.39 is 0 Å². The summed E-state index contributed by atoms with van der Waals surface area (Å²) >= 11 is 6.28. The van der Waals surface area contributed by atoms with Gasteiger partial charge in [-0.05, 0) is 36.3 Å². The summed E-state index contributed by atoms with van der Waals surface area (Å²) in [5.74, 6) is 1.62. The predicted octanol–water partition coefficient (Wildman–Crippen LogP) is 3.35. The largest absolute Gasteiger partial charge is 0.409 e. The third-order valence-electron chi connectivity index (χ3n) is 4.76. The molecular weight excluding hydrogens is 286 g/mol. The standard InChI is InChI=1S/C16H24ClN3O/c1-3-11-6-7-15(10(11)2)19-9-13-5-4-12(8-14(13)17)16(18)20-21/h4-5,8,10-11,15,19,21H,3,6-7,9H2,1-2H3,(H2,18,20). The van der Waals surface area contributed by atoms with E-state index in [1.807, 2.05) is 12.1 Å². The van der Waals surface area contributed by atoms with Crippen LogP contribution in [0.1, 0.15) is 44.2 Å². The molecule has 4 nitrogen and oxygen atoms in total. The normalized spacial score (nSPS) is 26.2. The Balaban J connectivity index is 1.98. The fourth-order valence-corrected chi connectivity index (χ4v) is 3.51. The van der Waals surface area contributed by atoms with Crippen molar-refractivity contribution in [1.82, 2.24) is 5.32 Å². The number of nitrogens with one attached hydrogen (secondary N) is 1. The minimum absolute atomic E-state index is 0.0756. The molecule has 3 atom stereocenters. The first kappa shape index (κ1) is 16.1. The molecule has 1 aromatic carbocycles. The number of nitrogens with two attached hydrogens (primary N) is 1. The highest BCUT2D eigenvalue weighted by atomic mass is 35.5. The summed E-state index contributed by atoms with van der Waals surface area (Å²) < 4.78 is 0. The lowest BCUT2D eigenvalue weighted by atomic mass is 9.93. The van der Waals surface area contributed by atoms with E-state index in [1.165, 1.54) is 19.3 Å². The van der Waals surface area contributed by atoms with Crippen LogP contribution in [0.5, 0.6) is 0 Å². The van der Waals surface area contributed by atoms with Crippen molar-refractivity contribution in [2.75, 3.05) is 0 Å². The molecule has 1 fully saturated rings. The van der Waals surface area contributed by atoms with Crippen LogP contribution in [-0.2, 0) is 6.54 Å². The first-order chi connectivity index (χ1) is 10.1. The van der Waals surface area contributed by atoms with Crippen molar-refractivity contribution >= 4 is 17.4 Å². The molecule has 1 aliphatic carbocycles. The third-order valence-corrected chi connectivity index (χ3v) is 5.11. The van der Waals surface area contributed by atoms with Crippen molar-refractivity contribution in [3.8, 4) is 0 Å². The van der Waals surface area contributed by atoms with E-state index in [-0.39, 0.29) is 5.84 Å². The van der Waals surface area contributed by atoms with E-state index >= 15 is 0 Å². The molecule has 0 aliphatic heterocycles. The minimum Gasteiger partial charge on any atom is -0.409 e. The number of rotatable bonds is 5. The van der Waals surface area contributed by atoms with Crippen molar-refractivity contribution in [3.63, 3.8) is 0 Å². The zero-order valence-electron chi connectivity index (χ0n) is 12.6. The third kappa shape index (κ3) is 3.69. The molecule has 0 heterocycles. The van der Waals surface area contributed by atoms with Gasteiger partial charge in [-0.2, -0.15) is 0 Å².